The van der Waals surface area contributed by atoms with Crippen molar-refractivity contribution in [1.82, 2.24) is 20.3 Å². The number of rotatable bonds is 5. The maximum atomic E-state index is 12.6. The third-order valence-electron chi connectivity index (χ3n) is 4.04. The first-order valence-corrected chi connectivity index (χ1v) is 8.41. The third kappa shape index (κ3) is 3.76. The molecule has 0 atom stereocenters. The fourth-order valence-electron chi connectivity index (χ4n) is 2.71. The molecule has 2 aromatic carbocycles. The molecule has 0 aliphatic rings. The first-order valence-electron chi connectivity index (χ1n) is 8.41. The second kappa shape index (κ2) is 7.30. The van der Waals surface area contributed by atoms with E-state index >= 15 is 0 Å². The highest BCUT2D eigenvalue weighted by Crippen LogP contribution is 2.21. The van der Waals surface area contributed by atoms with Gasteiger partial charge in [0.2, 0.25) is 0 Å². The molecule has 0 radical (unpaired) electrons. The standard InChI is InChI=1S/C20H22N4O/c1-14(2)19-18(20(25)21-13-16-7-5-4-6-8-16)22-23-24(19)17-11-9-15(3)10-12-17/h4-12,14H,13H2,1-3H3,(H,21,25). The number of carbonyl (C=O) groups excluding carboxylic acids is 1. The number of aryl methyl sites for hydroxylation is 1. The molecule has 3 rings (SSSR count). The normalized spacial score (nSPS) is 10.9. The highest BCUT2D eigenvalue weighted by atomic mass is 16.2. The highest BCUT2D eigenvalue weighted by Gasteiger charge is 2.22. The van der Waals surface area contributed by atoms with Crippen LogP contribution in [0.2, 0.25) is 0 Å². The zero-order chi connectivity index (χ0) is 17.8. The van der Waals surface area contributed by atoms with Crippen LogP contribution >= 0.6 is 0 Å². The average Bonchev–Trinajstić information content (AvgIpc) is 3.06. The molecular weight excluding hydrogens is 312 g/mol. The van der Waals surface area contributed by atoms with Gasteiger partial charge in [0.25, 0.3) is 5.91 Å². The molecule has 0 bridgehead atoms. The maximum absolute atomic E-state index is 12.6. The Kier molecular flexibility index (Phi) is 4.93. The third-order valence-corrected chi connectivity index (χ3v) is 4.04. The molecule has 1 heterocycles. The summed E-state index contributed by atoms with van der Waals surface area (Å²) in [6.07, 6.45) is 0. The van der Waals surface area contributed by atoms with E-state index in [0.717, 1.165) is 16.9 Å². The summed E-state index contributed by atoms with van der Waals surface area (Å²) >= 11 is 0. The van der Waals surface area contributed by atoms with E-state index < -0.39 is 0 Å². The summed E-state index contributed by atoms with van der Waals surface area (Å²) in [6, 6.07) is 17.8. The number of carbonyl (C=O) groups is 1. The van der Waals surface area contributed by atoms with E-state index in [9.17, 15) is 4.79 Å². The van der Waals surface area contributed by atoms with Gasteiger partial charge in [-0.15, -0.1) is 5.10 Å². The SMILES string of the molecule is Cc1ccc(-n2nnc(C(=O)NCc3ccccc3)c2C(C)C)cc1. The van der Waals surface area contributed by atoms with Gasteiger partial charge < -0.3 is 5.32 Å². The van der Waals surface area contributed by atoms with Gasteiger partial charge in [0.05, 0.1) is 11.4 Å². The van der Waals surface area contributed by atoms with E-state index in [1.54, 1.807) is 4.68 Å². The second-order valence-corrected chi connectivity index (χ2v) is 6.39. The predicted molar refractivity (Wildman–Crippen MR) is 97.8 cm³/mol. The number of amides is 1. The summed E-state index contributed by atoms with van der Waals surface area (Å²) < 4.78 is 1.75. The van der Waals surface area contributed by atoms with Crippen molar-refractivity contribution in [1.29, 1.82) is 0 Å². The Labute approximate surface area is 147 Å². The van der Waals surface area contributed by atoms with E-state index in [2.05, 4.69) is 15.6 Å². The van der Waals surface area contributed by atoms with Crippen molar-refractivity contribution in [3.05, 3.63) is 77.1 Å². The van der Waals surface area contributed by atoms with Crippen LogP contribution in [-0.2, 0) is 6.54 Å². The Morgan fingerprint density at radius 3 is 2.40 bits per heavy atom. The lowest BCUT2D eigenvalue weighted by molar-refractivity contribution is 0.0944. The van der Waals surface area contributed by atoms with E-state index in [1.807, 2.05) is 75.4 Å². The highest BCUT2D eigenvalue weighted by molar-refractivity contribution is 5.93. The molecule has 5 heteroatoms. The number of hydrogen-bond acceptors (Lipinski definition) is 3. The lowest BCUT2D eigenvalue weighted by atomic mass is 10.1. The van der Waals surface area contributed by atoms with Crippen molar-refractivity contribution < 1.29 is 4.79 Å². The van der Waals surface area contributed by atoms with Crippen molar-refractivity contribution in [2.75, 3.05) is 0 Å². The molecule has 1 aromatic heterocycles. The lowest BCUT2D eigenvalue weighted by Gasteiger charge is -2.11. The summed E-state index contributed by atoms with van der Waals surface area (Å²) in [4.78, 5) is 12.6. The molecule has 0 saturated heterocycles. The zero-order valence-electron chi connectivity index (χ0n) is 14.7. The van der Waals surface area contributed by atoms with Gasteiger partial charge in [0.1, 0.15) is 0 Å². The molecule has 1 amide bonds. The van der Waals surface area contributed by atoms with E-state index in [4.69, 9.17) is 0 Å². The zero-order valence-corrected chi connectivity index (χ0v) is 14.7. The fraction of sp³-hybridized carbons (Fsp3) is 0.250. The Morgan fingerprint density at radius 2 is 1.76 bits per heavy atom. The molecule has 1 N–H and O–H groups in total. The van der Waals surface area contributed by atoms with Gasteiger partial charge in [-0.1, -0.05) is 67.1 Å². The van der Waals surface area contributed by atoms with Crippen molar-refractivity contribution in [2.45, 2.75) is 33.2 Å². The summed E-state index contributed by atoms with van der Waals surface area (Å²) in [6.45, 7) is 6.58. The largest absolute Gasteiger partial charge is 0.347 e. The van der Waals surface area contributed by atoms with Crippen LogP contribution < -0.4 is 5.32 Å². The van der Waals surface area contributed by atoms with Crippen LogP contribution in [0.4, 0.5) is 0 Å². The number of hydrogen-bond donors (Lipinski definition) is 1. The molecule has 0 aliphatic heterocycles. The average molecular weight is 334 g/mol. The second-order valence-electron chi connectivity index (χ2n) is 6.39. The summed E-state index contributed by atoms with van der Waals surface area (Å²) in [5, 5.41) is 11.3. The first kappa shape index (κ1) is 16.9. The minimum Gasteiger partial charge on any atom is -0.347 e. The number of nitrogens with one attached hydrogen (secondary N) is 1. The molecule has 0 unspecified atom stereocenters. The molecule has 5 nitrogen and oxygen atoms in total. The van der Waals surface area contributed by atoms with Crippen molar-refractivity contribution >= 4 is 5.91 Å². The van der Waals surface area contributed by atoms with Gasteiger partial charge >= 0.3 is 0 Å². The van der Waals surface area contributed by atoms with Crippen LogP contribution in [-0.4, -0.2) is 20.9 Å². The van der Waals surface area contributed by atoms with Crippen molar-refractivity contribution in [3.63, 3.8) is 0 Å². The van der Waals surface area contributed by atoms with Gasteiger partial charge in [-0.25, -0.2) is 4.68 Å². The van der Waals surface area contributed by atoms with Gasteiger partial charge in [-0.3, -0.25) is 4.79 Å². The quantitative estimate of drug-likeness (QED) is 0.775. The first-order chi connectivity index (χ1) is 12.1. The van der Waals surface area contributed by atoms with Crippen molar-refractivity contribution in [2.24, 2.45) is 0 Å². The summed E-state index contributed by atoms with van der Waals surface area (Å²) in [7, 11) is 0. The fourth-order valence-corrected chi connectivity index (χ4v) is 2.71. The molecule has 25 heavy (non-hydrogen) atoms. The Balaban J connectivity index is 1.86. The minimum absolute atomic E-state index is 0.119. The van der Waals surface area contributed by atoms with Crippen molar-refractivity contribution in [3.8, 4) is 5.69 Å². The smallest absolute Gasteiger partial charge is 0.274 e. The summed E-state index contributed by atoms with van der Waals surface area (Å²) in [5.41, 5.74) is 4.33. The molecule has 3 aromatic rings. The number of aromatic nitrogens is 3. The van der Waals surface area contributed by atoms with Crippen LogP contribution in [0.25, 0.3) is 5.69 Å². The Morgan fingerprint density at radius 1 is 1.08 bits per heavy atom. The Hall–Kier alpha value is -2.95. The van der Waals surface area contributed by atoms with Crippen LogP contribution in [0.1, 0.15) is 47.1 Å². The van der Waals surface area contributed by atoms with Crippen LogP contribution in [0, 0.1) is 6.92 Å². The van der Waals surface area contributed by atoms with Crippen LogP contribution in [0.3, 0.4) is 0 Å². The summed E-state index contributed by atoms with van der Waals surface area (Å²) in [5.74, 6) is -0.0836. The topological polar surface area (TPSA) is 59.8 Å². The molecule has 0 aliphatic carbocycles. The number of nitrogens with zero attached hydrogens (tertiary/aromatic N) is 3. The Bertz CT molecular complexity index is 851. The van der Waals surface area contributed by atoms with Crippen LogP contribution in [0.5, 0.6) is 0 Å². The minimum atomic E-state index is -0.203. The number of benzene rings is 2. The van der Waals surface area contributed by atoms with Gasteiger partial charge in [-0.05, 0) is 30.5 Å². The molecular formula is C20H22N4O. The van der Waals surface area contributed by atoms with Gasteiger partial charge in [-0.2, -0.15) is 0 Å². The molecule has 0 spiro atoms. The maximum Gasteiger partial charge on any atom is 0.274 e. The van der Waals surface area contributed by atoms with Crippen LogP contribution in [0.15, 0.2) is 54.6 Å². The van der Waals surface area contributed by atoms with E-state index in [-0.39, 0.29) is 11.8 Å². The van der Waals surface area contributed by atoms with Gasteiger partial charge in [0.15, 0.2) is 5.69 Å². The predicted octanol–water partition coefficient (Wildman–Crippen LogP) is 3.63. The van der Waals surface area contributed by atoms with Gasteiger partial charge in [0, 0.05) is 6.54 Å². The molecule has 0 fully saturated rings. The monoisotopic (exact) mass is 334 g/mol. The van der Waals surface area contributed by atoms with E-state index in [1.165, 1.54) is 5.56 Å². The molecule has 0 saturated carbocycles. The van der Waals surface area contributed by atoms with E-state index in [0.29, 0.717) is 12.2 Å². The molecule has 128 valence electrons. The lowest BCUT2D eigenvalue weighted by Crippen LogP contribution is -2.25.